The maximum Gasteiger partial charge on any atom is 0.251 e. The normalized spacial score (nSPS) is 9.64. The molecule has 1 N–H and O–H groups in total. The quantitative estimate of drug-likeness (QED) is 0.436. The molecule has 0 radical (unpaired) electrons. The van der Waals surface area contributed by atoms with Crippen LogP contribution in [0.25, 0.3) is 0 Å². The van der Waals surface area contributed by atoms with Crippen molar-refractivity contribution in [2.45, 2.75) is 6.54 Å². The summed E-state index contributed by atoms with van der Waals surface area (Å²) in [7, 11) is 1.84. The number of imidazole rings is 1. The van der Waals surface area contributed by atoms with Crippen LogP contribution in [0.5, 0.6) is 0 Å². The van der Waals surface area contributed by atoms with Gasteiger partial charge in [0.05, 0.1) is 7.05 Å². The molecular weight excluding hydrogens is 146 g/mol. The number of nitrogens with one attached hydrogen (secondary N) is 1. The Morgan fingerprint density at radius 1 is 1.82 bits per heavy atom. The number of carbonyl (C=O) groups excluding carboxylic acids is 1. The number of carbonyl (C=O) groups is 1. The third kappa shape index (κ3) is 2.05. The highest BCUT2D eigenvalue weighted by molar-refractivity contribution is 5.75. The van der Waals surface area contributed by atoms with Crippen LogP contribution in [0.1, 0.15) is 0 Å². The van der Waals surface area contributed by atoms with E-state index < -0.39 is 5.91 Å². The molecule has 0 aliphatic carbocycles. The molecule has 1 amide bonds. The highest BCUT2D eigenvalue weighted by atomic mass is 16.5. The van der Waals surface area contributed by atoms with Gasteiger partial charge in [0.2, 0.25) is 6.33 Å². The summed E-state index contributed by atoms with van der Waals surface area (Å²) in [5.41, 5.74) is 1.30. The molecule has 0 bridgehead atoms. The molecule has 0 unspecified atom stereocenters. The van der Waals surface area contributed by atoms with Crippen LogP contribution in [-0.4, -0.2) is 10.5 Å². The topological polar surface area (TPSA) is 61.0 Å². The van der Waals surface area contributed by atoms with Crippen molar-refractivity contribution in [2.24, 2.45) is 7.05 Å². The zero-order valence-corrected chi connectivity index (χ0v) is 6.15. The summed E-state index contributed by atoms with van der Waals surface area (Å²) >= 11 is 0. The molecule has 1 heterocycles. The zero-order valence-electron chi connectivity index (χ0n) is 6.15. The summed E-state index contributed by atoms with van der Waals surface area (Å²) in [4.78, 5) is 10.5. The lowest BCUT2D eigenvalue weighted by Crippen LogP contribution is -2.26. The molecule has 0 aliphatic heterocycles. The van der Waals surface area contributed by atoms with Gasteiger partial charge in [0, 0.05) is 0 Å². The average molecular weight is 155 g/mol. The fraction of sp³-hybridized carbons (Fsp3) is 0.333. The number of rotatable bonds is 2. The number of nitrogens with zero attached hydrogens (tertiary/aromatic N) is 2. The fourth-order valence-corrected chi connectivity index (χ4v) is 0.793. The maximum absolute atomic E-state index is 10.5. The summed E-state index contributed by atoms with van der Waals surface area (Å²) in [6.45, 7) is 0.0737. The predicted octanol–water partition coefficient (Wildman–Crippen LogP) is -1.07. The molecule has 5 heteroatoms. The summed E-state index contributed by atoms with van der Waals surface area (Å²) < 4.78 is 3.41. The molecule has 5 nitrogen and oxygen atoms in total. The molecule has 0 fully saturated rings. The van der Waals surface area contributed by atoms with Gasteiger partial charge in [-0.3, -0.25) is 4.79 Å². The SMILES string of the molecule is C[n+]1ccn(CC(=O)N[O-])c1. The van der Waals surface area contributed by atoms with Crippen molar-refractivity contribution in [3.8, 4) is 0 Å². The van der Waals surface area contributed by atoms with Gasteiger partial charge in [0.1, 0.15) is 12.4 Å². The van der Waals surface area contributed by atoms with Crippen molar-refractivity contribution in [2.75, 3.05) is 0 Å². The van der Waals surface area contributed by atoms with E-state index in [4.69, 9.17) is 0 Å². The van der Waals surface area contributed by atoms with Gasteiger partial charge in [-0.05, 0) is 0 Å². The lowest BCUT2D eigenvalue weighted by molar-refractivity contribution is -0.671. The molecule has 0 aromatic carbocycles. The van der Waals surface area contributed by atoms with Crippen LogP contribution in [0.4, 0.5) is 0 Å². The van der Waals surface area contributed by atoms with Crippen molar-refractivity contribution in [3.63, 3.8) is 0 Å². The Kier molecular flexibility index (Phi) is 2.22. The summed E-state index contributed by atoms with van der Waals surface area (Å²) in [5, 5.41) is 9.82. The molecule has 1 aromatic rings. The Labute approximate surface area is 63.8 Å². The van der Waals surface area contributed by atoms with Gasteiger partial charge >= 0.3 is 0 Å². The van der Waals surface area contributed by atoms with Gasteiger partial charge in [-0.15, -0.1) is 0 Å². The van der Waals surface area contributed by atoms with E-state index in [2.05, 4.69) is 0 Å². The Balaban J connectivity index is 2.57. The Hall–Kier alpha value is -1.36. The molecule has 0 atom stereocenters. The number of amides is 1. The molecule has 60 valence electrons. The van der Waals surface area contributed by atoms with Crippen LogP contribution in [0, 0.1) is 5.21 Å². The van der Waals surface area contributed by atoms with Crippen LogP contribution < -0.4 is 10.0 Å². The lowest BCUT2D eigenvalue weighted by atomic mass is 10.6. The Morgan fingerprint density at radius 2 is 2.55 bits per heavy atom. The van der Waals surface area contributed by atoms with Gasteiger partial charge < -0.3 is 10.7 Å². The second kappa shape index (κ2) is 3.16. The summed E-state index contributed by atoms with van der Waals surface area (Å²) in [6.07, 6.45) is 5.22. The van der Waals surface area contributed by atoms with E-state index >= 15 is 0 Å². The van der Waals surface area contributed by atoms with Gasteiger partial charge in [-0.1, -0.05) is 0 Å². The predicted molar refractivity (Wildman–Crippen MR) is 37.1 cm³/mol. The maximum atomic E-state index is 10.5. The molecule has 0 aliphatic rings. The molecule has 1 aromatic heterocycles. The zero-order chi connectivity index (χ0) is 8.27. The molecule has 0 saturated carbocycles. The van der Waals surface area contributed by atoms with Gasteiger partial charge in [-0.25, -0.2) is 9.13 Å². The third-order valence-electron chi connectivity index (χ3n) is 1.26. The van der Waals surface area contributed by atoms with Crippen molar-refractivity contribution in [3.05, 3.63) is 23.9 Å². The number of aromatic nitrogens is 2. The van der Waals surface area contributed by atoms with E-state index in [9.17, 15) is 10.0 Å². The second-order valence-corrected chi connectivity index (χ2v) is 2.28. The summed E-state index contributed by atoms with van der Waals surface area (Å²) in [6, 6.07) is 0. The number of hydrogen-bond acceptors (Lipinski definition) is 2. The standard InChI is InChI=1S/C6H9N3O2/c1-8-2-3-9(5-8)4-6(10)7-11/h2-3,5H,4H2,1H3,(H-,7,10,11). The van der Waals surface area contributed by atoms with Crippen LogP contribution in [-0.2, 0) is 18.4 Å². The second-order valence-electron chi connectivity index (χ2n) is 2.28. The van der Waals surface area contributed by atoms with Crippen molar-refractivity contribution in [1.82, 2.24) is 10.0 Å². The van der Waals surface area contributed by atoms with E-state index in [1.807, 2.05) is 7.05 Å². The number of hydroxylamine groups is 1. The Morgan fingerprint density at radius 3 is 3.00 bits per heavy atom. The van der Waals surface area contributed by atoms with E-state index in [-0.39, 0.29) is 6.54 Å². The minimum Gasteiger partial charge on any atom is -0.759 e. The Bertz CT molecular complexity index is 256. The van der Waals surface area contributed by atoms with Crippen LogP contribution >= 0.6 is 0 Å². The first-order chi connectivity index (χ1) is 5.22. The van der Waals surface area contributed by atoms with E-state index in [1.165, 1.54) is 5.48 Å². The summed E-state index contributed by atoms with van der Waals surface area (Å²) in [5.74, 6) is -0.541. The average Bonchev–Trinajstić information content (AvgIpc) is 2.35. The largest absolute Gasteiger partial charge is 0.759 e. The van der Waals surface area contributed by atoms with Crippen molar-refractivity contribution >= 4 is 5.91 Å². The number of aryl methyl sites for hydroxylation is 1. The van der Waals surface area contributed by atoms with Crippen LogP contribution in [0.15, 0.2) is 18.7 Å². The van der Waals surface area contributed by atoms with Crippen molar-refractivity contribution in [1.29, 1.82) is 0 Å². The first-order valence-corrected chi connectivity index (χ1v) is 3.14. The van der Waals surface area contributed by atoms with Crippen LogP contribution in [0.3, 0.4) is 0 Å². The molecule has 0 spiro atoms. The van der Waals surface area contributed by atoms with Crippen LogP contribution in [0.2, 0.25) is 0 Å². The van der Waals surface area contributed by atoms with Crippen molar-refractivity contribution < 1.29 is 9.36 Å². The third-order valence-corrected chi connectivity index (χ3v) is 1.26. The first-order valence-electron chi connectivity index (χ1n) is 3.14. The van der Waals surface area contributed by atoms with Gasteiger partial charge in [0.25, 0.3) is 5.91 Å². The highest BCUT2D eigenvalue weighted by Crippen LogP contribution is 1.82. The molecule has 1 rings (SSSR count). The lowest BCUT2D eigenvalue weighted by Gasteiger charge is -2.03. The van der Waals surface area contributed by atoms with E-state index in [1.54, 1.807) is 27.9 Å². The first kappa shape index (κ1) is 7.74. The molecule has 0 saturated heterocycles. The van der Waals surface area contributed by atoms with E-state index in [0.29, 0.717) is 0 Å². The molecular formula is C6H9N3O2. The van der Waals surface area contributed by atoms with E-state index in [0.717, 1.165) is 0 Å². The minimum atomic E-state index is -0.541. The van der Waals surface area contributed by atoms with Gasteiger partial charge in [-0.2, -0.15) is 0 Å². The highest BCUT2D eigenvalue weighted by Gasteiger charge is 2.02. The minimum absolute atomic E-state index is 0.0737. The van der Waals surface area contributed by atoms with Gasteiger partial charge in [0.15, 0.2) is 6.54 Å². The fourth-order valence-electron chi connectivity index (χ4n) is 0.793. The smallest absolute Gasteiger partial charge is 0.251 e. The monoisotopic (exact) mass is 155 g/mol. The number of hydrogen-bond donors (Lipinski definition) is 1. The molecule has 11 heavy (non-hydrogen) atoms.